The van der Waals surface area contributed by atoms with Crippen LogP contribution in [0.15, 0.2) is 12.5 Å². The molecule has 0 radical (unpaired) electrons. The predicted octanol–water partition coefficient (Wildman–Crippen LogP) is 0.616. The first kappa shape index (κ1) is 12.0. The first-order valence-electron chi connectivity index (χ1n) is 5.17. The zero-order valence-corrected chi connectivity index (χ0v) is 10.2. The second kappa shape index (κ2) is 5.24. The Labute approximate surface area is 102 Å². The number of H-pyrrole nitrogens is 1. The predicted molar refractivity (Wildman–Crippen MR) is 67.0 cm³/mol. The number of imidazole rings is 1. The largest absolute Gasteiger partial charge is 0.342 e. The van der Waals surface area contributed by atoms with Crippen molar-refractivity contribution in [1.82, 2.24) is 19.9 Å². The molecule has 0 bridgehead atoms. The second-order valence-corrected chi connectivity index (χ2v) is 4.57. The van der Waals surface area contributed by atoms with Gasteiger partial charge in [0.05, 0.1) is 18.6 Å². The molecule has 0 aliphatic rings. The number of nitrogens with two attached hydrogens (primary N) is 1. The van der Waals surface area contributed by atoms with Crippen LogP contribution in [0.4, 0.5) is 0 Å². The SMILES string of the molecule is CSCC[C@H](N)C(=O)c1ncc2[nH]cnc2n1. The summed E-state index contributed by atoms with van der Waals surface area (Å²) < 4.78 is 0. The van der Waals surface area contributed by atoms with Crippen molar-refractivity contribution in [1.29, 1.82) is 0 Å². The van der Waals surface area contributed by atoms with Gasteiger partial charge in [0, 0.05) is 0 Å². The maximum absolute atomic E-state index is 11.9. The van der Waals surface area contributed by atoms with Crippen LogP contribution in [0.5, 0.6) is 0 Å². The lowest BCUT2D eigenvalue weighted by Crippen LogP contribution is -2.32. The standard InChI is InChI=1S/C10H13N5OS/c1-17-3-2-6(11)8(16)10-12-4-7-9(15-10)14-5-13-7/h4-6H,2-3,11H2,1H3,(H,12,13,14,15)/t6-/m0/s1. The van der Waals surface area contributed by atoms with E-state index in [1.165, 1.54) is 6.33 Å². The fourth-order valence-electron chi connectivity index (χ4n) is 1.40. The summed E-state index contributed by atoms with van der Waals surface area (Å²) in [6, 6.07) is -0.543. The number of ketones is 1. The molecule has 90 valence electrons. The van der Waals surface area contributed by atoms with Crippen LogP contribution in [0, 0.1) is 0 Å². The molecule has 0 saturated carbocycles. The molecule has 0 amide bonds. The van der Waals surface area contributed by atoms with Crippen LogP contribution in [0.3, 0.4) is 0 Å². The third kappa shape index (κ3) is 2.62. The Hall–Kier alpha value is -1.47. The Morgan fingerprint density at radius 3 is 3.18 bits per heavy atom. The number of aromatic amines is 1. The van der Waals surface area contributed by atoms with Crippen LogP contribution in [0.25, 0.3) is 11.2 Å². The van der Waals surface area contributed by atoms with E-state index < -0.39 is 6.04 Å². The lowest BCUT2D eigenvalue weighted by atomic mass is 10.1. The van der Waals surface area contributed by atoms with Crippen LogP contribution in [-0.2, 0) is 0 Å². The van der Waals surface area contributed by atoms with Crippen molar-refractivity contribution >= 4 is 28.7 Å². The van der Waals surface area contributed by atoms with Crippen LogP contribution in [0.2, 0.25) is 0 Å². The summed E-state index contributed by atoms with van der Waals surface area (Å²) in [5.41, 5.74) is 6.98. The molecule has 6 nitrogen and oxygen atoms in total. The highest BCUT2D eigenvalue weighted by molar-refractivity contribution is 7.98. The number of nitrogens with zero attached hydrogens (tertiary/aromatic N) is 3. The molecule has 0 spiro atoms. The zero-order valence-electron chi connectivity index (χ0n) is 9.38. The van der Waals surface area contributed by atoms with Gasteiger partial charge < -0.3 is 10.7 Å². The Balaban J connectivity index is 2.17. The molecular weight excluding hydrogens is 238 g/mol. The van der Waals surface area contributed by atoms with E-state index in [9.17, 15) is 4.79 Å². The van der Waals surface area contributed by atoms with Gasteiger partial charge in [-0.2, -0.15) is 11.8 Å². The topological polar surface area (TPSA) is 97.6 Å². The molecule has 7 heteroatoms. The maximum Gasteiger partial charge on any atom is 0.216 e. The first-order chi connectivity index (χ1) is 8.22. The van der Waals surface area contributed by atoms with E-state index in [1.807, 2.05) is 6.26 Å². The lowest BCUT2D eigenvalue weighted by molar-refractivity contribution is 0.0950. The summed E-state index contributed by atoms with van der Waals surface area (Å²) in [5.74, 6) is 0.750. The molecular formula is C10H13N5OS. The van der Waals surface area contributed by atoms with Gasteiger partial charge in [0.1, 0.15) is 5.52 Å². The molecule has 2 rings (SSSR count). The number of nitrogens with one attached hydrogen (secondary N) is 1. The van der Waals surface area contributed by atoms with Gasteiger partial charge in [-0.1, -0.05) is 0 Å². The highest BCUT2D eigenvalue weighted by Gasteiger charge is 2.18. The van der Waals surface area contributed by atoms with Crippen molar-refractivity contribution in [3.8, 4) is 0 Å². The minimum absolute atomic E-state index is 0.137. The number of rotatable bonds is 5. The molecule has 17 heavy (non-hydrogen) atoms. The van der Waals surface area contributed by atoms with Gasteiger partial charge in [0.25, 0.3) is 0 Å². The van der Waals surface area contributed by atoms with Crippen LogP contribution < -0.4 is 5.73 Å². The van der Waals surface area contributed by atoms with E-state index in [4.69, 9.17) is 5.73 Å². The monoisotopic (exact) mass is 251 g/mol. The fraction of sp³-hybridized carbons (Fsp3) is 0.400. The van der Waals surface area contributed by atoms with Crippen molar-refractivity contribution in [2.45, 2.75) is 12.5 Å². The molecule has 2 aromatic heterocycles. The normalized spacial score (nSPS) is 12.8. The van der Waals surface area contributed by atoms with E-state index >= 15 is 0 Å². The number of carbonyl (C=O) groups is 1. The van der Waals surface area contributed by atoms with E-state index in [0.717, 1.165) is 5.75 Å². The molecule has 3 N–H and O–H groups in total. The molecule has 0 aromatic carbocycles. The molecule has 0 aliphatic carbocycles. The molecule has 2 aromatic rings. The van der Waals surface area contributed by atoms with Gasteiger partial charge in [-0.25, -0.2) is 15.0 Å². The molecule has 0 saturated heterocycles. The van der Waals surface area contributed by atoms with Gasteiger partial charge in [-0.15, -0.1) is 0 Å². The Bertz CT molecular complexity index is 526. The van der Waals surface area contributed by atoms with Gasteiger partial charge in [-0.3, -0.25) is 4.79 Å². The number of fused-ring (bicyclic) bond motifs is 1. The first-order valence-corrected chi connectivity index (χ1v) is 6.56. The van der Waals surface area contributed by atoms with Gasteiger partial charge in [0.2, 0.25) is 5.78 Å². The summed E-state index contributed by atoms with van der Waals surface area (Å²) in [6.07, 6.45) is 5.66. The number of hydrogen-bond acceptors (Lipinski definition) is 6. The number of thioether (sulfide) groups is 1. The van der Waals surface area contributed by atoms with E-state index in [0.29, 0.717) is 17.6 Å². The zero-order chi connectivity index (χ0) is 12.3. The van der Waals surface area contributed by atoms with E-state index in [-0.39, 0.29) is 11.6 Å². The third-order valence-electron chi connectivity index (χ3n) is 2.37. The average molecular weight is 251 g/mol. The minimum atomic E-state index is -0.543. The maximum atomic E-state index is 11.9. The van der Waals surface area contributed by atoms with Gasteiger partial charge in [0.15, 0.2) is 11.5 Å². The van der Waals surface area contributed by atoms with E-state index in [1.54, 1.807) is 18.0 Å². The molecule has 0 fully saturated rings. The van der Waals surface area contributed by atoms with Crippen LogP contribution in [-0.4, -0.2) is 43.8 Å². The lowest BCUT2D eigenvalue weighted by Gasteiger charge is -2.07. The molecule has 0 unspecified atom stereocenters. The summed E-state index contributed by atoms with van der Waals surface area (Å²) in [4.78, 5) is 26.8. The Morgan fingerprint density at radius 2 is 2.41 bits per heavy atom. The molecule has 0 aliphatic heterocycles. The fourth-order valence-corrected chi connectivity index (χ4v) is 1.89. The smallest absolute Gasteiger partial charge is 0.216 e. The summed E-state index contributed by atoms with van der Waals surface area (Å²) in [7, 11) is 0. The number of carbonyl (C=O) groups excluding carboxylic acids is 1. The minimum Gasteiger partial charge on any atom is -0.342 e. The van der Waals surface area contributed by atoms with Crippen LogP contribution >= 0.6 is 11.8 Å². The second-order valence-electron chi connectivity index (χ2n) is 3.59. The summed E-state index contributed by atoms with van der Waals surface area (Å²) in [5, 5.41) is 0. The number of hydrogen-bond donors (Lipinski definition) is 2. The quantitative estimate of drug-likeness (QED) is 0.756. The van der Waals surface area contributed by atoms with Crippen molar-refractivity contribution < 1.29 is 4.79 Å². The van der Waals surface area contributed by atoms with Crippen molar-refractivity contribution in [2.75, 3.05) is 12.0 Å². The molecule has 2 heterocycles. The third-order valence-corrected chi connectivity index (χ3v) is 3.01. The van der Waals surface area contributed by atoms with Crippen molar-refractivity contribution in [3.05, 3.63) is 18.3 Å². The highest BCUT2D eigenvalue weighted by atomic mass is 32.2. The van der Waals surface area contributed by atoms with E-state index in [2.05, 4.69) is 19.9 Å². The highest BCUT2D eigenvalue weighted by Crippen LogP contribution is 2.07. The van der Waals surface area contributed by atoms with Gasteiger partial charge in [-0.05, 0) is 18.4 Å². The number of aromatic nitrogens is 4. The number of Topliss-reactive ketones (excluding diaryl/α,β-unsaturated/α-hetero) is 1. The Kier molecular flexibility index (Phi) is 3.70. The van der Waals surface area contributed by atoms with Crippen LogP contribution in [0.1, 0.15) is 17.0 Å². The van der Waals surface area contributed by atoms with Crippen molar-refractivity contribution in [2.24, 2.45) is 5.73 Å². The average Bonchev–Trinajstić information content (AvgIpc) is 2.81. The summed E-state index contributed by atoms with van der Waals surface area (Å²) in [6.45, 7) is 0. The summed E-state index contributed by atoms with van der Waals surface area (Å²) >= 11 is 1.66. The van der Waals surface area contributed by atoms with Crippen molar-refractivity contribution in [3.63, 3.8) is 0 Å². The van der Waals surface area contributed by atoms with Gasteiger partial charge >= 0.3 is 0 Å². The molecule has 1 atom stereocenters. The Morgan fingerprint density at radius 1 is 1.59 bits per heavy atom.